The van der Waals surface area contributed by atoms with Crippen molar-refractivity contribution in [2.75, 3.05) is 13.1 Å². The average Bonchev–Trinajstić information content (AvgIpc) is 3.19. The maximum absolute atomic E-state index is 12.2. The lowest BCUT2D eigenvalue weighted by Crippen LogP contribution is -2.36. The third-order valence-corrected chi connectivity index (χ3v) is 5.08. The van der Waals surface area contributed by atoms with Crippen molar-refractivity contribution in [2.45, 2.75) is 51.0 Å². The molecular weight excluding hydrogens is 286 g/mol. The van der Waals surface area contributed by atoms with E-state index in [4.69, 9.17) is 0 Å². The van der Waals surface area contributed by atoms with Crippen LogP contribution in [0.5, 0.6) is 0 Å². The van der Waals surface area contributed by atoms with Crippen molar-refractivity contribution in [1.29, 1.82) is 0 Å². The highest BCUT2D eigenvalue weighted by molar-refractivity contribution is 7.11. The van der Waals surface area contributed by atoms with Crippen LogP contribution in [0, 0.1) is 0 Å². The van der Waals surface area contributed by atoms with E-state index in [9.17, 15) is 9.59 Å². The average molecular weight is 307 g/mol. The number of likely N-dealkylation sites (tertiary alicyclic amines) is 1. The first-order valence-electron chi connectivity index (χ1n) is 7.80. The second-order valence-electron chi connectivity index (χ2n) is 5.85. The highest BCUT2D eigenvalue weighted by Gasteiger charge is 2.24. The van der Waals surface area contributed by atoms with Crippen molar-refractivity contribution in [3.8, 4) is 0 Å². The van der Waals surface area contributed by atoms with Gasteiger partial charge in [-0.15, -0.1) is 11.3 Å². The topological polar surface area (TPSA) is 62.3 Å². The van der Waals surface area contributed by atoms with E-state index in [-0.39, 0.29) is 17.9 Å². The zero-order chi connectivity index (χ0) is 14.7. The number of rotatable bonds is 3. The number of amides is 2. The lowest BCUT2D eigenvalue weighted by molar-refractivity contribution is 0.0792. The van der Waals surface area contributed by atoms with Crippen molar-refractivity contribution >= 4 is 23.2 Å². The number of nitrogens with one attached hydrogen (secondary N) is 1. The lowest BCUT2D eigenvalue weighted by atomic mass is 9.95. The molecule has 1 aromatic heterocycles. The summed E-state index contributed by atoms with van der Waals surface area (Å²) in [7, 11) is 0. The summed E-state index contributed by atoms with van der Waals surface area (Å²) in [5.74, 6) is -0.173. The van der Waals surface area contributed by atoms with Gasteiger partial charge in [-0.2, -0.15) is 0 Å². The minimum atomic E-state index is -0.140. The molecule has 114 valence electrons. The van der Waals surface area contributed by atoms with Crippen LogP contribution in [0.25, 0.3) is 0 Å². The molecule has 1 saturated carbocycles. The van der Waals surface area contributed by atoms with E-state index in [1.54, 1.807) is 5.38 Å². The first kappa shape index (κ1) is 14.5. The summed E-state index contributed by atoms with van der Waals surface area (Å²) in [6.45, 7) is 1.62. The smallest absolute Gasteiger partial charge is 0.282 e. The van der Waals surface area contributed by atoms with Gasteiger partial charge in [-0.3, -0.25) is 9.59 Å². The van der Waals surface area contributed by atoms with Crippen molar-refractivity contribution < 1.29 is 9.59 Å². The summed E-state index contributed by atoms with van der Waals surface area (Å²) in [5, 5.41) is 5.17. The van der Waals surface area contributed by atoms with Gasteiger partial charge in [-0.1, -0.05) is 19.3 Å². The molecule has 0 spiro atoms. The molecule has 1 aromatic rings. The van der Waals surface area contributed by atoms with Gasteiger partial charge in [0, 0.05) is 24.5 Å². The molecule has 0 bridgehead atoms. The number of thiazole rings is 1. The van der Waals surface area contributed by atoms with E-state index >= 15 is 0 Å². The van der Waals surface area contributed by atoms with E-state index < -0.39 is 0 Å². The fourth-order valence-corrected chi connectivity index (χ4v) is 3.80. The van der Waals surface area contributed by atoms with Gasteiger partial charge in [-0.25, -0.2) is 4.98 Å². The van der Waals surface area contributed by atoms with Gasteiger partial charge in [-0.05, 0) is 25.7 Å². The van der Waals surface area contributed by atoms with Gasteiger partial charge in [0.2, 0.25) is 0 Å². The Labute approximate surface area is 128 Å². The molecule has 1 N–H and O–H groups in total. The SMILES string of the molecule is O=C(NC1CCCCC1)c1csc(C(=O)N2CCCC2)n1. The van der Waals surface area contributed by atoms with Crippen LogP contribution >= 0.6 is 11.3 Å². The summed E-state index contributed by atoms with van der Waals surface area (Å²) in [5.41, 5.74) is 0.383. The van der Waals surface area contributed by atoms with Crippen molar-refractivity contribution in [3.05, 3.63) is 16.1 Å². The number of carbonyl (C=O) groups is 2. The molecule has 6 heteroatoms. The monoisotopic (exact) mass is 307 g/mol. The van der Waals surface area contributed by atoms with E-state index in [2.05, 4.69) is 10.3 Å². The van der Waals surface area contributed by atoms with Gasteiger partial charge >= 0.3 is 0 Å². The van der Waals surface area contributed by atoms with Crippen LogP contribution in [0.2, 0.25) is 0 Å². The standard InChI is InChI=1S/C15H21N3O2S/c19-13(16-11-6-2-1-3-7-11)12-10-21-14(17-12)15(20)18-8-4-5-9-18/h10-11H,1-9H2,(H,16,19). The number of aromatic nitrogens is 1. The van der Waals surface area contributed by atoms with Crippen molar-refractivity contribution in [1.82, 2.24) is 15.2 Å². The zero-order valence-electron chi connectivity index (χ0n) is 12.1. The minimum Gasteiger partial charge on any atom is -0.348 e. The summed E-state index contributed by atoms with van der Waals surface area (Å²) >= 11 is 1.27. The Morgan fingerprint density at radius 1 is 1.14 bits per heavy atom. The Kier molecular flexibility index (Phi) is 4.53. The third kappa shape index (κ3) is 3.43. The number of hydrogen-bond donors (Lipinski definition) is 1. The molecule has 2 amide bonds. The lowest BCUT2D eigenvalue weighted by Gasteiger charge is -2.22. The summed E-state index contributed by atoms with van der Waals surface area (Å²) in [6.07, 6.45) is 7.85. The molecule has 1 aliphatic carbocycles. The molecule has 2 aliphatic rings. The van der Waals surface area contributed by atoms with Crippen LogP contribution in [0.3, 0.4) is 0 Å². The zero-order valence-corrected chi connectivity index (χ0v) is 13.0. The molecule has 2 fully saturated rings. The van der Waals surface area contributed by atoms with Crippen molar-refractivity contribution in [2.24, 2.45) is 0 Å². The van der Waals surface area contributed by atoms with Crippen LogP contribution in [0.1, 0.15) is 65.2 Å². The van der Waals surface area contributed by atoms with E-state index in [1.807, 2.05) is 4.90 Å². The summed E-state index contributed by atoms with van der Waals surface area (Å²) < 4.78 is 0. The molecule has 0 atom stereocenters. The van der Waals surface area contributed by atoms with Gasteiger partial charge < -0.3 is 10.2 Å². The molecule has 5 nitrogen and oxygen atoms in total. The normalized spacial score (nSPS) is 19.7. The molecule has 0 aromatic carbocycles. The molecule has 3 rings (SSSR count). The van der Waals surface area contributed by atoms with Crippen LogP contribution in [-0.2, 0) is 0 Å². The fraction of sp³-hybridized carbons (Fsp3) is 0.667. The van der Waals surface area contributed by atoms with Crippen LogP contribution in [0.4, 0.5) is 0 Å². The Bertz CT molecular complexity index is 517. The van der Waals surface area contributed by atoms with Gasteiger partial charge in [0.1, 0.15) is 5.69 Å². The fourth-order valence-electron chi connectivity index (χ4n) is 3.04. The van der Waals surface area contributed by atoms with Gasteiger partial charge in [0.15, 0.2) is 5.01 Å². The Morgan fingerprint density at radius 3 is 2.57 bits per heavy atom. The first-order chi connectivity index (χ1) is 10.2. The maximum Gasteiger partial charge on any atom is 0.282 e. The summed E-state index contributed by atoms with van der Waals surface area (Å²) in [6, 6.07) is 0.269. The van der Waals surface area contributed by atoms with E-state index in [0.717, 1.165) is 38.8 Å². The second-order valence-corrected chi connectivity index (χ2v) is 6.70. The predicted molar refractivity (Wildman–Crippen MR) is 81.6 cm³/mol. The maximum atomic E-state index is 12.2. The van der Waals surface area contributed by atoms with E-state index in [1.165, 1.54) is 30.6 Å². The third-order valence-electron chi connectivity index (χ3n) is 4.25. The van der Waals surface area contributed by atoms with Gasteiger partial charge in [0.25, 0.3) is 11.8 Å². The highest BCUT2D eigenvalue weighted by Crippen LogP contribution is 2.19. The van der Waals surface area contributed by atoms with Crippen LogP contribution in [-0.4, -0.2) is 40.8 Å². The second kappa shape index (κ2) is 6.56. The first-order valence-corrected chi connectivity index (χ1v) is 8.67. The van der Waals surface area contributed by atoms with Crippen molar-refractivity contribution in [3.63, 3.8) is 0 Å². The van der Waals surface area contributed by atoms with E-state index in [0.29, 0.717) is 10.7 Å². The molecule has 0 radical (unpaired) electrons. The molecule has 1 aliphatic heterocycles. The predicted octanol–water partition coefficient (Wildman–Crippen LogP) is 2.44. The molecule has 1 saturated heterocycles. The molecule has 21 heavy (non-hydrogen) atoms. The molecule has 0 unspecified atom stereocenters. The molecular formula is C15H21N3O2S. The number of hydrogen-bond acceptors (Lipinski definition) is 4. The Hall–Kier alpha value is -1.43. The molecule has 2 heterocycles. The Morgan fingerprint density at radius 2 is 1.86 bits per heavy atom. The quantitative estimate of drug-likeness (QED) is 0.933. The van der Waals surface area contributed by atoms with Gasteiger partial charge in [0.05, 0.1) is 0 Å². The number of carbonyl (C=O) groups excluding carboxylic acids is 2. The summed E-state index contributed by atoms with van der Waals surface area (Å²) in [4.78, 5) is 30.4. The Balaban J connectivity index is 1.60. The minimum absolute atomic E-state index is 0.0331. The van der Waals surface area contributed by atoms with Crippen LogP contribution < -0.4 is 5.32 Å². The van der Waals surface area contributed by atoms with Crippen LogP contribution in [0.15, 0.2) is 5.38 Å². The highest BCUT2D eigenvalue weighted by atomic mass is 32.1. The largest absolute Gasteiger partial charge is 0.348 e. The number of nitrogens with zero attached hydrogens (tertiary/aromatic N) is 2.